The van der Waals surface area contributed by atoms with Crippen molar-refractivity contribution in [3.8, 4) is 11.1 Å². The first kappa shape index (κ1) is 28.0. The van der Waals surface area contributed by atoms with Crippen LogP contribution in [0.2, 0.25) is 0 Å². The van der Waals surface area contributed by atoms with E-state index in [-0.39, 0.29) is 0 Å². The molecule has 3 nitrogen and oxygen atoms in total. The summed E-state index contributed by atoms with van der Waals surface area (Å²) in [4.78, 5) is 0. The minimum atomic E-state index is 0.558. The van der Waals surface area contributed by atoms with E-state index in [4.69, 9.17) is 0 Å². The average Bonchev–Trinajstić information content (AvgIpc) is 3.04. The van der Waals surface area contributed by atoms with Gasteiger partial charge < -0.3 is 16.0 Å². The summed E-state index contributed by atoms with van der Waals surface area (Å²) in [6.45, 7) is 18.1. The summed E-state index contributed by atoms with van der Waals surface area (Å²) in [6, 6.07) is 17.4. The predicted octanol–water partition coefficient (Wildman–Crippen LogP) is 7.50. The Bertz CT molecular complexity index is 565. The van der Waals surface area contributed by atoms with E-state index < -0.39 is 0 Å². The van der Waals surface area contributed by atoms with Crippen LogP contribution in [-0.2, 0) is 20.4 Å². The summed E-state index contributed by atoms with van der Waals surface area (Å²) in [7, 11) is 0. The van der Waals surface area contributed by atoms with Crippen molar-refractivity contribution in [2.45, 2.75) is 45.8 Å². The van der Waals surface area contributed by atoms with Crippen LogP contribution in [0.5, 0.6) is 0 Å². The topological polar surface area (TPSA) is 42.3 Å². The number of fused-ring (bicyclic) bond motifs is 3. The van der Waals surface area contributed by atoms with Gasteiger partial charge in [-0.1, -0.05) is 41.5 Å². The molecule has 0 atom stereocenters. The summed E-state index contributed by atoms with van der Waals surface area (Å²) in [6.07, 6.45) is 0. The Balaban J connectivity index is 0.000000439. The van der Waals surface area contributed by atoms with Crippen LogP contribution in [-0.4, -0.2) is 39.3 Å². The van der Waals surface area contributed by atoms with E-state index >= 15 is 0 Å². The van der Waals surface area contributed by atoms with Crippen molar-refractivity contribution in [2.75, 3.05) is 39.3 Å². The van der Waals surface area contributed by atoms with E-state index in [1.165, 1.54) is 22.3 Å². The maximum atomic E-state index is 3.97. The molecule has 0 fully saturated rings. The molecule has 4 heteroatoms. The minimum absolute atomic E-state index is 0.558. The van der Waals surface area contributed by atoms with Gasteiger partial charge in [-0.05, 0) is 0 Å². The molecule has 158 valence electrons. The molecule has 0 aromatic heterocycles. The van der Waals surface area contributed by atoms with E-state index in [1.54, 1.807) is 0 Å². The Morgan fingerprint density at radius 3 is 1.07 bits per heavy atom. The molecule has 2 aromatic carbocycles. The number of hydrogen-bond acceptors (Lipinski definition) is 0. The predicted molar refractivity (Wildman–Crippen MR) is 127 cm³/mol. The van der Waals surface area contributed by atoms with Crippen molar-refractivity contribution >= 4 is 0 Å². The maximum absolute atomic E-state index is 3.97. The third-order valence-electron chi connectivity index (χ3n) is 4.18. The van der Waals surface area contributed by atoms with Gasteiger partial charge in [-0.25, -0.2) is 0 Å². The van der Waals surface area contributed by atoms with E-state index in [1.807, 2.05) is 41.5 Å². The molecule has 0 unspecified atom stereocenters. The standard InChI is InChI=1S/C13H9.3C4H10N.Ti/c1-3-7-12-10(5-1)9-11-6-2-4-8-13(11)12;3*1-3-5-4-2;/h1-9H;3*3-4H2,1-2H3;/q;3*-1;+3. The molecule has 0 bridgehead atoms. The number of benzene rings is 2. The fourth-order valence-electron chi connectivity index (χ4n) is 2.83. The van der Waals surface area contributed by atoms with Crippen LogP contribution >= 0.6 is 0 Å². The molecule has 0 saturated heterocycles. The quantitative estimate of drug-likeness (QED) is 0.427. The van der Waals surface area contributed by atoms with Gasteiger partial charge in [0.25, 0.3) is 0 Å². The van der Waals surface area contributed by atoms with Gasteiger partial charge in [-0.3, -0.25) is 0 Å². The fourth-order valence-corrected chi connectivity index (χ4v) is 3.61. The van der Waals surface area contributed by atoms with Crippen LogP contribution in [0.3, 0.4) is 0 Å². The van der Waals surface area contributed by atoms with Gasteiger partial charge in [-0.15, -0.1) is 0 Å². The molecule has 1 aliphatic carbocycles. The fraction of sp³-hybridized carbons (Fsp3) is 0.520. The van der Waals surface area contributed by atoms with Crippen molar-refractivity contribution < 1.29 is 20.4 Å². The summed E-state index contributed by atoms with van der Waals surface area (Å²) in [5, 5.41) is 11.9. The van der Waals surface area contributed by atoms with Crippen LogP contribution in [0, 0.1) is 0 Å². The van der Waals surface area contributed by atoms with Crippen molar-refractivity contribution in [2.24, 2.45) is 0 Å². The van der Waals surface area contributed by atoms with Crippen LogP contribution in [0.15, 0.2) is 48.5 Å². The second-order valence-corrected chi connectivity index (χ2v) is 7.08. The summed E-state index contributed by atoms with van der Waals surface area (Å²) in [5.41, 5.74) is 5.76. The molecule has 0 spiro atoms. The van der Waals surface area contributed by atoms with Crippen LogP contribution < -0.4 is 0 Å². The first-order valence-corrected chi connectivity index (χ1v) is 11.8. The van der Waals surface area contributed by atoms with Crippen LogP contribution in [0.4, 0.5) is 0 Å². The van der Waals surface area contributed by atoms with Gasteiger partial charge in [0.2, 0.25) is 0 Å². The van der Waals surface area contributed by atoms with E-state index in [0.29, 0.717) is 4.22 Å². The first-order valence-electron chi connectivity index (χ1n) is 10.9. The molecular weight excluding hydrogens is 390 g/mol. The van der Waals surface area contributed by atoms with Crippen molar-refractivity contribution in [1.29, 1.82) is 0 Å². The second kappa shape index (κ2) is 19.0. The summed E-state index contributed by atoms with van der Waals surface area (Å²) >= 11 is 2.28. The van der Waals surface area contributed by atoms with Crippen molar-refractivity contribution in [1.82, 2.24) is 0 Å². The Hall–Kier alpha value is -0.966. The molecule has 2 aromatic rings. The Morgan fingerprint density at radius 2 is 0.828 bits per heavy atom. The Labute approximate surface area is 191 Å². The van der Waals surface area contributed by atoms with E-state index in [9.17, 15) is 0 Å². The molecule has 0 aliphatic heterocycles. The van der Waals surface area contributed by atoms with Gasteiger partial charge in [0.05, 0.1) is 0 Å². The van der Waals surface area contributed by atoms with E-state index in [2.05, 4.69) is 84.9 Å². The first-order chi connectivity index (χ1) is 14.1. The Morgan fingerprint density at radius 1 is 0.552 bits per heavy atom. The zero-order valence-corrected chi connectivity index (χ0v) is 20.8. The third kappa shape index (κ3) is 11.1. The summed E-state index contributed by atoms with van der Waals surface area (Å²) < 4.78 is 0.558. The zero-order valence-electron chi connectivity index (χ0n) is 19.3. The molecule has 0 saturated carbocycles. The number of nitrogens with zero attached hydrogens (tertiary/aromatic N) is 3. The molecule has 1 aliphatic rings. The molecule has 3 rings (SSSR count). The number of rotatable bonds is 6. The second-order valence-electron chi connectivity index (χ2n) is 6.18. The molecule has 0 amide bonds. The van der Waals surface area contributed by atoms with Gasteiger partial charge in [0.1, 0.15) is 0 Å². The molecule has 0 radical (unpaired) electrons. The van der Waals surface area contributed by atoms with Crippen molar-refractivity contribution in [3.05, 3.63) is 75.6 Å². The molecule has 0 heterocycles. The van der Waals surface area contributed by atoms with Gasteiger partial charge >= 0.3 is 95.4 Å². The van der Waals surface area contributed by atoms with Crippen LogP contribution in [0.25, 0.3) is 27.1 Å². The van der Waals surface area contributed by atoms with Crippen LogP contribution in [0.1, 0.15) is 56.9 Å². The molecular formula is C25H39N3Ti. The summed E-state index contributed by atoms with van der Waals surface area (Å²) in [5.74, 6) is 0. The average molecular weight is 429 g/mol. The zero-order chi connectivity index (χ0) is 21.9. The van der Waals surface area contributed by atoms with Crippen molar-refractivity contribution in [3.63, 3.8) is 0 Å². The molecule has 0 N–H and O–H groups in total. The van der Waals surface area contributed by atoms with Gasteiger partial charge in [0.15, 0.2) is 0 Å². The van der Waals surface area contributed by atoms with E-state index in [0.717, 1.165) is 39.3 Å². The normalized spacial score (nSPS) is 11.0. The van der Waals surface area contributed by atoms with Gasteiger partial charge in [-0.2, -0.15) is 39.3 Å². The Kier molecular flexibility index (Phi) is 18.4. The SMILES string of the molecule is CC[N-]CC.CC[N-]CC.CC[N-]CC.[Ti+3][CH]1c2ccccc2-c2ccccc21. The van der Waals surface area contributed by atoms with Gasteiger partial charge in [0, 0.05) is 0 Å². The molecule has 29 heavy (non-hydrogen) atoms. The number of hydrogen-bond donors (Lipinski definition) is 0. The third-order valence-corrected chi connectivity index (χ3v) is 5.15. The monoisotopic (exact) mass is 429 g/mol.